The lowest BCUT2D eigenvalue weighted by Crippen LogP contribution is -2.27. The Bertz CT molecular complexity index is 440. The minimum Gasteiger partial charge on any atom is -0.481 e. The summed E-state index contributed by atoms with van der Waals surface area (Å²) in [6.07, 6.45) is 2.33. The number of fused-ring (bicyclic) bond motifs is 1. The summed E-state index contributed by atoms with van der Waals surface area (Å²) < 4.78 is 4.99. The minimum absolute atomic E-state index is 0.110. The fourth-order valence-corrected chi connectivity index (χ4v) is 1.45. The van der Waals surface area contributed by atoms with Gasteiger partial charge in [-0.2, -0.15) is 0 Å². The van der Waals surface area contributed by atoms with Crippen LogP contribution in [0.1, 0.15) is 12.5 Å². The van der Waals surface area contributed by atoms with Gasteiger partial charge in [-0.3, -0.25) is 4.79 Å². The molecule has 0 unspecified atom stereocenters. The predicted molar refractivity (Wildman–Crippen MR) is 55.4 cm³/mol. The quantitative estimate of drug-likeness (QED) is 0.738. The van der Waals surface area contributed by atoms with Gasteiger partial charge < -0.3 is 10.1 Å². The maximum Gasteiger partial charge on any atom is 0.222 e. The van der Waals surface area contributed by atoms with E-state index in [0.717, 1.165) is 11.3 Å². The number of aliphatic imine (C=N–C) groups is 1. The zero-order chi connectivity index (χ0) is 10.8. The van der Waals surface area contributed by atoms with Gasteiger partial charge in [0.05, 0.1) is 12.8 Å². The van der Waals surface area contributed by atoms with Gasteiger partial charge in [-0.15, -0.1) is 0 Å². The van der Waals surface area contributed by atoms with Crippen LogP contribution in [0.3, 0.4) is 0 Å². The monoisotopic (exact) mass is 205 g/mol. The Balaban J connectivity index is 2.24. The van der Waals surface area contributed by atoms with E-state index in [1.165, 1.54) is 6.92 Å². The number of nitrogens with one attached hydrogen (secondary N) is 1. The molecule has 78 valence electrons. The van der Waals surface area contributed by atoms with Gasteiger partial charge in [-0.1, -0.05) is 0 Å². The molecule has 0 fully saturated rings. The fourth-order valence-electron chi connectivity index (χ4n) is 1.45. The van der Waals surface area contributed by atoms with Crippen molar-refractivity contribution in [3.8, 4) is 5.88 Å². The summed E-state index contributed by atoms with van der Waals surface area (Å²) in [6.45, 7) is 1.46. The van der Waals surface area contributed by atoms with Crippen LogP contribution >= 0.6 is 0 Å². The number of hydrogen-bond donors (Lipinski definition) is 1. The number of amidine groups is 1. The molecule has 0 aromatic carbocycles. The number of hydrogen-bond acceptors (Lipinski definition) is 4. The molecule has 5 heteroatoms. The van der Waals surface area contributed by atoms with Gasteiger partial charge in [-0.05, 0) is 0 Å². The van der Waals surface area contributed by atoms with Crippen molar-refractivity contribution in [2.75, 3.05) is 7.11 Å². The number of amides is 1. The summed E-state index contributed by atoms with van der Waals surface area (Å²) in [5, 5.41) is 2.67. The smallest absolute Gasteiger partial charge is 0.222 e. The number of nitrogens with zero attached hydrogens (tertiary/aromatic N) is 2. The highest BCUT2D eigenvalue weighted by molar-refractivity contribution is 6.02. The minimum atomic E-state index is -0.110. The SMILES string of the molecule is COc1cc2c(cn1)CC(NC(C)=O)=N2. The van der Waals surface area contributed by atoms with Crippen LogP contribution in [-0.2, 0) is 11.2 Å². The van der Waals surface area contributed by atoms with E-state index in [1.807, 2.05) is 0 Å². The second kappa shape index (κ2) is 3.68. The van der Waals surface area contributed by atoms with Gasteiger partial charge in [0.25, 0.3) is 0 Å². The van der Waals surface area contributed by atoms with Crippen LogP contribution in [0.2, 0.25) is 0 Å². The number of ether oxygens (including phenoxy) is 1. The third-order valence-electron chi connectivity index (χ3n) is 2.08. The highest BCUT2D eigenvalue weighted by atomic mass is 16.5. The molecular weight excluding hydrogens is 194 g/mol. The molecule has 0 radical (unpaired) electrons. The van der Waals surface area contributed by atoms with E-state index in [1.54, 1.807) is 19.4 Å². The second-order valence-electron chi connectivity index (χ2n) is 3.27. The first-order chi connectivity index (χ1) is 7.19. The topological polar surface area (TPSA) is 63.6 Å². The Morgan fingerprint density at radius 3 is 3.07 bits per heavy atom. The third-order valence-corrected chi connectivity index (χ3v) is 2.08. The van der Waals surface area contributed by atoms with E-state index in [4.69, 9.17) is 4.74 Å². The van der Waals surface area contributed by atoms with Crippen molar-refractivity contribution in [1.29, 1.82) is 0 Å². The number of rotatable bonds is 1. The molecule has 2 rings (SSSR count). The van der Waals surface area contributed by atoms with Crippen molar-refractivity contribution in [3.63, 3.8) is 0 Å². The predicted octanol–water partition coefficient (Wildman–Crippen LogP) is 0.812. The van der Waals surface area contributed by atoms with E-state index in [0.29, 0.717) is 18.1 Å². The summed E-state index contributed by atoms with van der Waals surface area (Å²) >= 11 is 0. The lowest BCUT2D eigenvalue weighted by Gasteiger charge is -1.99. The van der Waals surface area contributed by atoms with E-state index < -0.39 is 0 Å². The van der Waals surface area contributed by atoms with Crippen LogP contribution in [0.25, 0.3) is 0 Å². The molecule has 1 N–H and O–H groups in total. The largest absolute Gasteiger partial charge is 0.481 e. The molecular formula is C10H11N3O2. The number of methoxy groups -OCH3 is 1. The molecule has 1 aliphatic rings. The van der Waals surface area contributed by atoms with E-state index in [2.05, 4.69) is 15.3 Å². The Kier molecular flexibility index (Phi) is 2.37. The van der Waals surface area contributed by atoms with Crippen LogP contribution in [-0.4, -0.2) is 23.8 Å². The standard InChI is InChI=1S/C10H11N3O2/c1-6(14)12-9-3-7-5-11-10(15-2)4-8(7)13-9/h4-5H,3H2,1-2H3,(H,12,13,14). The molecule has 1 aliphatic heterocycles. The summed E-state index contributed by atoms with van der Waals surface area (Å²) in [4.78, 5) is 19.2. The number of pyridine rings is 1. The molecule has 0 atom stereocenters. The van der Waals surface area contributed by atoms with Gasteiger partial charge in [0.1, 0.15) is 5.84 Å². The Labute approximate surface area is 87.2 Å². The average Bonchev–Trinajstić information content (AvgIpc) is 2.57. The van der Waals surface area contributed by atoms with Gasteiger partial charge in [0.2, 0.25) is 11.8 Å². The number of carbonyl (C=O) groups excluding carboxylic acids is 1. The first-order valence-corrected chi connectivity index (χ1v) is 4.57. The third kappa shape index (κ3) is 1.96. The van der Waals surface area contributed by atoms with Crippen molar-refractivity contribution < 1.29 is 9.53 Å². The zero-order valence-corrected chi connectivity index (χ0v) is 8.57. The van der Waals surface area contributed by atoms with Crippen LogP contribution in [0.15, 0.2) is 17.3 Å². The van der Waals surface area contributed by atoms with Crippen LogP contribution in [0.4, 0.5) is 5.69 Å². The molecule has 0 aliphatic carbocycles. The normalized spacial score (nSPS) is 13.1. The van der Waals surface area contributed by atoms with Gasteiger partial charge in [-0.25, -0.2) is 9.98 Å². The van der Waals surface area contributed by atoms with Crippen molar-refractivity contribution in [1.82, 2.24) is 10.3 Å². The lowest BCUT2D eigenvalue weighted by atomic mass is 10.2. The van der Waals surface area contributed by atoms with Crippen molar-refractivity contribution in [2.45, 2.75) is 13.3 Å². The molecule has 0 bridgehead atoms. The molecule has 1 aromatic rings. The summed E-state index contributed by atoms with van der Waals surface area (Å²) in [7, 11) is 1.56. The molecule has 0 spiro atoms. The van der Waals surface area contributed by atoms with E-state index in [-0.39, 0.29) is 5.91 Å². The molecule has 5 nitrogen and oxygen atoms in total. The number of carbonyl (C=O) groups is 1. The van der Waals surface area contributed by atoms with Crippen molar-refractivity contribution in [2.24, 2.45) is 4.99 Å². The molecule has 0 saturated heterocycles. The van der Waals surface area contributed by atoms with Crippen LogP contribution in [0, 0.1) is 0 Å². The van der Waals surface area contributed by atoms with Crippen LogP contribution < -0.4 is 10.1 Å². The molecule has 0 saturated carbocycles. The summed E-state index contributed by atoms with van der Waals surface area (Å²) in [5.41, 5.74) is 1.81. The van der Waals surface area contributed by atoms with Crippen LogP contribution in [0.5, 0.6) is 5.88 Å². The lowest BCUT2D eigenvalue weighted by molar-refractivity contribution is -0.117. The summed E-state index contributed by atoms with van der Waals surface area (Å²) in [5.74, 6) is 1.08. The Hall–Kier alpha value is -1.91. The number of aromatic nitrogens is 1. The van der Waals surface area contributed by atoms with Crippen molar-refractivity contribution >= 4 is 17.4 Å². The second-order valence-corrected chi connectivity index (χ2v) is 3.27. The van der Waals surface area contributed by atoms with Crippen molar-refractivity contribution in [3.05, 3.63) is 17.8 Å². The highest BCUT2D eigenvalue weighted by Gasteiger charge is 2.16. The van der Waals surface area contributed by atoms with Gasteiger partial charge >= 0.3 is 0 Å². The van der Waals surface area contributed by atoms with Gasteiger partial charge in [0, 0.05) is 31.2 Å². The molecule has 1 aromatic heterocycles. The fraction of sp³-hybridized carbons (Fsp3) is 0.300. The molecule has 1 amide bonds. The Morgan fingerprint density at radius 1 is 1.60 bits per heavy atom. The highest BCUT2D eigenvalue weighted by Crippen LogP contribution is 2.28. The van der Waals surface area contributed by atoms with E-state index >= 15 is 0 Å². The van der Waals surface area contributed by atoms with Gasteiger partial charge in [0.15, 0.2) is 0 Å². The molecule has 2 heterocycles. The average molecular weight is 205 g/mol. The Morgan fingerprint density at radius 2 is 2.40 bits per heavy atom. The molecule has 15 heavy (non-hydrogen) atoms. The first-order valence-electron chi connectivity index (χ1n) is 4.57. The zero-order valence-electron chi connectivity index (χ0n) is 8.57. The first kappa shape index (κ1) is 9.64. The maximum absolute atomic E-state index is 10.8. The summed E-state index contributed by atoms with van der Waals surface area (Å²) in [6, 6.07) is 1.75. The van der Waals surface area contributed by atoms with E-state index in [9.17, 15) is 4.79 Å². The maximum atomic E-state index is 10.8.